The molecule has 0 aliphatic heterocycles. The lowest BCUT2D eigenvalue weighted by molar-refractivity contribution is 0.928. The molecule has 0 saturated carbocycles. The van der Waals surface area contributed by atoms with Gasteiger partial charge in [-0.15, -0.1) is 0 Å². The monoisotopic (exact) mass is 186 g/mol. The van der Waals surface area contributed by atoms with E-state index in [1.54, 1.807) is 0 Å². The molecule has 2 nitrogen and oxygen atoms in total. The van der Waals surface area contributed by atoms with E-state index in [9.17, 15) is 0 Å². The second kappa shape index (κ2) is 3.66. The van der Waals surface area contributed by atoms with E-state index in [-0.39, 0.29) is 0 Å². The number of fused-ring (bicyclic) bond motifs is 1. The number of benzene rings is 1. The van der Waals surface area contributed by atoms with Crippen molar-refractivity contribution in [3.8, 4) is 0 Å². The summed E-state index contributed by atoms with van der Waals surface area (Å²) in [6.07, 6.45) is 5.24. The maximum atomic E-state index is 4.53. The average Bonchev–Trinajstić information content (AvgIpc) is 2.54. The molecule has 0 bridgehead atoms. The number of hydrogen-bond acceptors (Lipinski definition) is 1. The molecule has 14 heavy (non-hydrogen) atoms. The van der Waals surface area contributed by atoms with E-state index >= 15 is 0 Å². The van der Waals surface area contributed by atoms with Crippen LogP contribution in [0.1, 0.15) is 19.2 Å². The van der Waals surface area contributed by atoms with Gasteiger partial charge in [0, 0.05) is 7.05 Å². The van der Waals surface area contributed by atoms with Crippen LogP contribution in [0, 0.1) is 0 Å². The molecule has 0 N–H and O–H groups in total. The van der Waals surface area contributed by atoms with E-state index in [0.717, 1.165) is 17.8 Å². The first-order valence-electron chi connectivity index (χ1n) is 4.91. The zero-order valence-electron chi connectivity index (χ0n) is 8.57. The summed E-state index contributed by atoms with van der Waals surface area (Å²) >= 11 is 0. The zero-order chi connectivity index (χ0) is 9.97. The Balaban J connectivity index is 2.57. The third kappa shape index (κ3) is 1.43. The smallest absolute Gasteiger partial charge is 0.133 e. The highest BCUT2D eigenvalue weighted by Crippen LogP contribution is 2.14. The van der Waals surface area contributed by atoms with Gasteiger partial charge in [0.25, 0.3) is 0 Å². The fourth-order valence-electron chi connectivity index (χ4n) is 1.54. The van der Waals surface area contributed by atoms with Crippen molar-refractivity contribution in [3.63, 3.8) is 0 Å². The number of allylic oxidation sites excluding steroid dienone is 1. The molecule has 0 amide bonds. The first kappa shape index (κ1) is 9.00. The Hall–Kier alpha value is -1.57. The molecule has 72 valence electrons. The molecule has 2 rings (SSSR count). The summed E-state index contributed by atoms with van der Waals surface area (Å²) in [5, 5.41) is 0. The molecule has 2 aromatic rings. The SMILES string of the molecule is CC/C=C/c1nc2ccccc2n1C. The van der Waals surface area contributed by atoms with Crippen LogP contribution in [0.15, 0.2) is 30.3 Å². The summed E-state index contributed by atoms with van der Waals surface area (Å²) in [6.45, 7) is 2.12. The Labute approximate surface area is 83.9 Å². The molecule has 1 heterocycles. The van der Waals surface area contributed by atoms with Crippen molar-refractivity contribution in [1.82, 2.24) is 9.55 Å². The maximum absolute atomic E-state index is 4.53. The van der Waals surface area contributed by atoms with E-state index in [1.165, 1.54) is 5.52 Å². The van der Waals surface area contributed by atoms with Crippen LogP contribution in [0.25, 0.3) is 17.1 Å². The third-order valence-corrected chi connectivity index (χ3v) is 2.32. The van der Waals surface area contributed by atoms with Gasteiger partial charge in [0.2, 0.25) is 0 Å². The topological polar surface area (TPSA) is 17.8 Å². The fraction of sp³-hybridized carbons (Fsp3) is 0.250. The first-order chi connectivity index (χ1) is 6.83. The van der Waals surface area contributed by atoms with Crippen LogP contribution in [0.2, 0.25) is 0 Å². The van der Waals surface area contributed by atoms with Crippen molar-refractivity contribution >= 4 is 17.1 Å². The van der Waals surface area contributed by atoms with Gasteiger partial charge in [0.1, 0.15) is 5.82 Å². The largest absolute Gasteiger partial charge is 0.328 e. The Morgan fingerprint density at radius 2 is 2.14 bits per heavy atom. The normalized spacial score (nSPS) is 11.6. The highest BCUT2D eigenvalue weighted by molar-refractivity contribution is 5.77. The number of imidazole rings is 1. The van der Waals surface area contributed by atoms with Gasteiger partial charge in [-0.2, -0.15) is 0 Å². The standard InChI is InChI=1S/C12H14N2/c1-3-4-9-12-13-10-7-5-6-8-11(10)14(12)2/h4-9H,3H2,1-2H3/b9-4+. The van der Waals surface area contributed by atoms with Crippen molar-refractivity contribution < 1.29 is 0 Å². The summed E-state index contributed by atoms with van der Waals surface area (Å²) in [7, 11) is 2.05. The van der Waals surface area contributed by atoms with E-state index in [1.807, 2.05) is 25.2 Å². The van der Waals surface area contributed by atoms with Gasteiger partial charge in [-0.25, -0.2) is 4.98 Å². The van der Waals surface area contributed by atoms with Crippen LogP contribution in [0.5, 0.6) is 0 Å². The average molecular weight is 186 g/mol. The molecule has 0 radical (unpaired) electrons. The number of aryl methyl sites for hydroxylation is 1. The molecular weight excluding hydrogens is 172 g/mol. The zero-order valence-corrected chi connectivity index (χ0v) is 8.57. The molecule has 0 unspecified atom stereocenters. The summed E-state index contributed by atoms with van der Waals surface area (Å²) in [5.41, 5.74) is 2.24. The lowest BCUT2D eigenvalue weighted by Crippen LogP contribution is -1.90. The lowest BCUT2D eigenvalue weighted by Gasteiger charge is -1.95. The van der Waals surface area contributed by atoms with E-state index in [0.29, 0.717) is 0 Å². The highest BCUT2D eigenvalue weighted by atomic mass is 15.0. The van der Waals surface area contributed by atoms with Crippen LogP contribution in [0.3, 0.4) is 0 Å². The molecule has 1 aromatic carbocycles. The molecule has 0 spiro atoms. The molecule has 0 aliphatic carbocycles. The highest BCUT2D eigenvalue weighted by Gasteiger charge is 2.02. The number of hydrogen-bond donors (Lipinski definition) is 0. The van der Waals surface area contributed by atoms with E-state index < -0.39 is 0 Å². The molecular formula is C12H14N2. The van der Waals surface area contributed by atoms with Gasteiger partial charge in [0.15, 0.2) is 0 Å². The van der Waals surface area contributed by atoms with Gasteiger partial charge >= 0.3 is 0 Å². The molecule has 0 fully saturated rings. The van der Waals surface area contributed by atoms with Gasteiger partial charge in [0.05, 0.1) is 11.0 Å². The summed E-state index contributed by atoms with van der Waals surface area (Å²) < 4.78 is 2.11. The van der Waals surface area contributed by atoms with Crippen molar-refractivity contribution in [2.45, 2.75) is 13.3 Å². The minimum Gasteiger partial charge on any atom is -0.328 e. The second-order valence-electron chi connectivity index (χ2n) is 3.33. The summed E-state index contributed by atoms with van der Waals surface area (Å²) in [6, 6.07) is 8.18. The van der Waals surface area contributed by atoms with E-state index in [4.69, 9.17) is 0 Å². The first-order valence-corrected chi connectivity index (χ1v) is 4.91. The predicted octanol–water partition coefficient (Wildman–Crippen LogP) is 3.00. The van der Waals surface area contributed by atoms with Gasteiger partial charge in [-0.1, -0.05) is 25.1 Å². The molecule has 1 aromatic heterocycles. The lowest BCUT2D eigenvalue weighted by atomic mass is 10.3. The maximum Gasteiger partial charge on any atom is 0.133 e. The van der Waals surface area contributed by atoms with Crippen molar-refractivity contribution in [2.24, 2.45) is 7.05 Å². The van der Waals surface area contributed by atoms with Crippen LogP contribution < -0.4 is 0 Å². The number of nitrogens with zero attached hydrogens (tertiary/aromatic N) is 2. The fourth-order valence-corrected chi connectivity index (χ4v) is 1.54. The number of rotatable bonds is 2. The van der Waals surface area contributed by atoms with Gasteiger partial charge < -0.3 is 4.57 Å². The van der Waals surface area contributed by atoms with Crippen LogP contribution in [-0.4, -0.2) is 9.55 Å². The van der Waals surface area contributed by atoms with Gasteiger partial charge in [-0.05, 0) is 24.6 Å². The minimum absolute atomic E-state index is 1.02. The Morgan fingerprint density at radius 3 is 2.86 bits per heavy atom. The molecule has 0 atom stereocenters. The van der Waals surface area contributed by atoms with Crippen molar-refractivity contribution in [2.75, 3.05) is 0 Å². The number of aromatic nitrogens is 2. The van der Waals surface area contributed by atoms with E-state index in [2.05, 4.69) is 34.7 Å². The predicted molar refractivity (Wildman–Crippen MR) is 60.0 cm³/mol. The Morgan fingerprint density at radius 1 is 1.36 bits per heavy atom. The van der Waals surface area contributed by atoms with Gasteiger partial charge in [-0.3, -0.25) is 0 Å². The summed E-state index contributed by atoms with van der Waals surface area (Å²) in [4.78, 5) is 4.53. The number of para-hydroxylation sites is 2. The van der Waals surface area contributed by atoms with Crippen LogP contribution >= 0.6 is 0 Å². The quantitative estimate of drug-likeness (QED) is 0.705. The minimum atomic E-state index is 1.02. The molecule has 0 saturated heterocycles. The molecule has 2 heteroatoms. The van der Waals surface area contributed by atoms with Crippen molar-refractivity contribution in [3.05, 3.63) is 36.2 Å². The van der Waals surface area contributed by atoms with Crippen LogP contribution in [0.4, 0.5) is 0 Å². The van der Waals surface area contributed by atoms with Crippen molar-refractivity contribution in [1.29, 1.82) is 0 Å². The second-order valence-corrected chi connectivity index (χ2v) is 3.33. The summed E-state index contributed by atoms with van der Waals surface area (Å²) in [5.74, 6) is 1.02. The third-order valence-electron chi connectivity index (χ3n) is 2.32. The molecule has 0 aliphatic rings. The van der Waals surface area contributed by atoms with Crippen LogP contribution in [-0.2, 0) is 7.05 Å². The Bertz CT molecular complexity index is 466. The Kier molecular flexibility index (Phi) is 2.35.